The molecule has 0 aliphatic heterocycles. The van der Waals surface area contributed by atoms with Crippen LogP contribution in [-0.4, -0.2) is 14.2 Å². The van der Waals surface area contributed by atoms with Crippen LogP contribution in [0, 0.1) is 6.92 Å². The second-order valence-electron chi connectivity index (χ2n) is 4.08. The van der Waals surface area contributed by atoms with Gasteiger partial charge in [-0.3, -0.25) is 0 Å². The molecule has 1 N–H and O–H groups in total. The van der Waals surface area contributed by atoms with E-state index in [1.807, 2.05) is 32.2 Å². The van der Waals surface area contributed by atoms with Gasteiger partial charge in [-0.25, -0.2) is 0 Å². The van der Waals surface area contributed by atoms with Gasteiger partial charge in [0.15, 0.2) is 0 Å². The maximum absolute atomic E-state index is 5.53. The van der Waals surface area contributed by atoms with Gasteiger partial charge in [-0.1, -0.05) is 12.1 Å². The van der Waals surface area contributed by atoms with Crippen LogP contribution in [0.2, 0.25) is 0 Å². The van der Waals surface area contributed by atoms with Gasteiger partial charge in [0.2, 0.25) is 0 Å². The first-order valence-electron chi connectivity index (χ1n) is 5.72. The Hall–Kier alpha value is -1.26. The van der Waals surface area contributed by atoms with Crippen molar-refractivity contribution < 1.29 is 9.15 Å². The highest BCUT2D eigenvalue weighted by Gasteiger charge is 2.18. The number of hydrogen-bond acceptors (Lipinski definition) is 3. The molecule has 2 aromatic rings. The van der Waals surface area contributed by atoms with Gasteiger partial charge in [0, 0.05) is 0 Å². The Morgan fingerprint density at radius 1 is 1.33 bits per heavy atom. The fourth-order valence-corrected chi connectivity index (χ4v) is 2.47. The van der Waals surface area contributed by atoms with Crippen molar-refractivity contribution in [1.82, 2.24) is 5.32 Å². The van der Waals surface area contributed by atoms with E-state index < -0.39 is 0 Å². The highest BCUT2D eigenvalue weighted by molar-refractivity contribution is 9.10. The van der Waals surface area contributed by atoms with Crippen molar-refractivity contribution in [2.75, 3.05) is 14.2 Å². The smallest absolute Gasteiger partial charge is 0.139 e. The Morgan fingerprint density at radius 3 is 2.61 bits per heavy atom. The lowest BCUT2D eigenvalue weighted by molar-refractivity contribution is 0.411. The predicted molar refractivity (Wildman–Crippen MR) is 75.0 cm³/mol. The molecule has 1 atom stereocenters. The molecular weight excluding hydrogens is 294 g/mol. The zero-order valence-electron chi connectivity index (χ0n) is 10.7. The summed E-state index contributed by atoms with van der Waals surface area (Å²) in [5, 5.41) is 3.26. The topological polar surface area (TPSA) is 34.4 Å². The van der Waals surface area contributed by atoms with E-state index >= 15 is 0 Å². The maximum Gasteiger partial charge on any atom is 0.139 e. The molecule has 96 valence electrons. The van der Waals surface area contributed by atoms with Gasteiger partial charge >= 0.3 is 0 Å². The van der Waals surface area contributed by atoms with Crippen LogP contribution in [0.4, 0.5) is 0 Å². The SMILES string of the molecule is CNC(c1ccc(OC)c(C)c1)c1occc1Br. The van der Waals surface area contributed by atoms with Crippen LogP contribution >= 0.6 is 15.9 Å². The molecule has 0 spiro atoms. The minimum atomic E-state index is 0.0268. The first kappa shape index (κ1) is 13.2. The zero-order valence-corrected chi connectivity index (χ0v) is 12.2. The summed E-state index contributed by atoms with van der Waals surface area (Å²) >= 11 is 3.49. The molecule has 18 heavy (non-hydrogen) atoms. The molecule has 1 unspecified atom stereocenters. The Balaban J connectivity index is 2.40. The molecule has 0 fully saturated rings. The number of halogens is 1. The largest absolute Gasteiger partial charge is 0.496 e. The summed E-state index contributed by atoms with van der Waals surface area (Å²) in [6.07, 6.45) is 1.68. The summed E-state index contributed by atoms with van der Waals surface area (Å²) in [5.41, 5.74) is 2.25. The molecule has 0 aliphatic carbocycles. The lowest BCUT2D eigenvalue weighted by Crippen LogP contribution is -2.17. The molecule has 0 bridgehead atoms. The number of ether oxygens (including phenoxy) is 1. The minimum absolute atomic E-state index is 0.0268. The molecule has 1 aromatic heterocycles. The average molecular weight is 310 g/mol. The van der Waals surface area contributed by atoms with Crippen molar-refractivity contribution in [3.8, 4) is 5.75 Å². The van der Waals surface area contributed by atoms with Gasteiger partial charge in [0.05, 0.1) is 23.9 Å². The molecule has 2 rings (SSSR count). The lowest BCUT2D eigenvalue weighted by atomic mass is 10.0. The molecule has 0 aliphatic rings. The molecule has 0 radical (unpaired) electrons. The van der Waals surface area contributed by atoms with E-state index in [2.05, 4.69) is 27.3 Å². The monoisotopic (exact) mass is 309 g/mol. The van der Waals surface area contributed by atoms with Crippen LogP contribution in [0.25, 0.3) is 0 Å². The third-order valence-corrected chi connectivity index (χ3v) is 3.60. The number of methoxy groups -OCH3 is 1. The average Bonchev–Trinajstić information content (AvgIpc) is 2.77. The third-order valence-electron chi connectivity index (χ3n) is 2.95. The van der Waals surface area contributed by atoms with Crippen molar-refractivity contribution >= 4 is 15.9 Å². The normalized spacial score (nSPS) is 12.4. The number of rotatable bonds is 4. The summed E-state index contributed by atoms with van der Waals surface area (Å²) < 4.78 is 11.8. The summed E-state index contributed by atoms with van der Waals surface area (Å²) in [5.74, 6) is 1.77. The highest BCUT2D eigenvalue weighted by atomic mass is 79.9. The van der Waals surface area contributed by atoms with Gasteiger partial charge < -0.3 is 14.5 Å². The van der Waals surface area contributed by atoms with Gasteiger partial charge in [-0.2, -0.15) is 0 Å². The van der Waals surface area contributed by atoms with E-state index in [1.54, 1.807) is 13.4 Å². The second kappa shape index (κ2) is 5.59. The van der Waals surface area contributed by atoms with E-state index in [0.717, 1.165) is 27.1 Å². The molecule has 1 heterocycles. The standard InChI is InChI=1S/C14H16BrNO2/c1-9-8-10(4-5-12(9)17-3)13(16-2)14-11(15)6-7-18-14/h4-8,13,16H,1-3H3. The number of nitrogens with one attached hydrogen (secondary N) is 1. The van der Waals surface area contributed by atoms with Gasteiger partial charge in [0.25, 0.3) is 0 Å². The number of aryl methyl sites for hydroxylation is 1. The summed E-state index contributed by atoms with van der Waals surface area (Å²) in [6.45, 7) is 2.03. The van der Waals surface area contributed by atoms with Gasteiger partial charge in [-0.05, 0) is 53.2 Å². The zero-order chi connectivity index (χ0) is 13.1. The quantitative estimate of drug-likeness (QED) is 0.935. The van der Waals surface area contributed by atoms with Crippen LogP contribution in [0.1, 0.15) is 22.9 Å². The van der Waals surface area contributed by atoms with Crippen molar-refractivity contribution in [1.29, 1.82) is 0 Å². The molecule has 3 nitrogen and oxygen atoms in total. The fraction of sp³-hybridized carbons (Fsp3) is 0.286. The third kappa shape index (κ3) is 2.44. The Bertz CT molecular complexity index is 536. The van der Waals surface area contributed by atoms with Crippen molar-refractivity contribution in [2.45, 2.75) is 13.0 Å². The van der Waals surface area contributed by atoms with E-state index in [0.29, 0.717) is 0 Å². The predicted octanol–water partition coefficient (Wildman–Crippen LogP) is 3.67. The molecule has 0 amide bonds. The van der Waals surface area contributed by atoms with Crippen molar-refractivity contribution in [3.63, 3.8) is 0 Å². The number of benzene rings is 1. The highest BCUT2D eigenvalue weighted by Crippen LogP contribution is 2.31. The number of hydrogen-bond donors (Lipinski definition) is 1. The van der Waals surface area contributed by atoms with E-state index in [9.17, 15) is 0 Å². The van der Waals surface area contributed by atoms with Crippen LogP contribution < -0.4 is 10.1 Å². The summed E-state index contributed by atoms with van der Waals surface area (Å²) in [7, 11) is 3.60. The summed E-state index contributed by atoms with van der Waals surface area (Å²) in [4.78, 5) is 0. The Labute approximate surface area is 115 Å². The fourth-order valence-electron chi connectivity index (χ4n) is 2.04. The van der Waals surface area contributed by atoms with Crippen molar-refractivity contribution in [3.05, 3.63) is 51.9 Å². The first-order chi connectivity index (χ1) is 8.67. The van der Waals surface area contributed by atoms with E-state index in [4.69, 9.17) is 9.15 Å². The number of furan rings is 1. The lowest BCUT2D eigenvalue weighted by Gasteiger charge is -2.16. The molecular formula is C14H16BrNO2. The van der Waals surface area contributed by atoms with Gasteiger partial charge in [-0.15, -0.1) is 0 Å². The minimum Gasteiger partial charge on any atom is -0.496 e. The molecule has 0 saturated carbocycles. The van der Waals surface area contributed by atoms with Crippen LogP contribution in [0.5, 0.6) is 5.75 Å². The molecule has 1 aromatic carbocycles. The Morgan fingerprint density at radius 2 is 2.11 bits per heavy atom. The van der Waals surface area contributed by atoms with Crippen molar-refractivity contribution in [2.24, 2.45) is 0 Å². The first-order valence-corrected chi connectivity index (χ1v) is 6.51. The van der Waals surface area contributed by atoms with Crippen LogP contribution in [0.15, 0.2) is 39.4 Å². The molecule has 4 heteroatoms. The second-order valence-corrected chi connectivity index (χ2v) is 4.94. The Kier molecular flexibility index (Phi) is 4.09. The van der Waals surface area contributed by atoms with E-state index in [1.165, 1.54) is 0 Å². The van der Waals surface area contributed by atoms with E-state index in [-0.39, 0.29) is 6.04 Å². The van der Waals surface area contributed by atoms with Crippen LogP contribution in [0.3, 0.4) is 0 Å². The molecule has 0 saturated heterocycles. The summed E-state index contributed by atoms with van der Waals surface area (Å²) in [6, 6.07) is 8.05. The van der Waals surface area contributed by atoms with Crippen LogP contribution in [-0.2, 0) is 0 Å². The maximum atomic E-state index is 5.53. The van der Waals surface area contributed by atoms with Gasteiger partial charge in [0.1, 0.15) is 11.5 Å².